The van der Waals surface area contributed by atoms with Gasteiger partial charge in [0.2, 0.25) is 11.9 Å². The van der Waals surface area contributed by atoms with Gasteiger partial charge >= 0.3 is 0 Å². The van der Waals surface area contributed by atoms with Crippen molar-refractivity contribution in [3.8, 4) is 0 Å². The molecule has 1 saturated heterocycles. The summed E-state index contributed by atoms with van der Waals surface area (Å²) in [5.74, 6) is 1.70. The van der Waals surface area contributed by atoms with Crippen molar-refractivity contribution in [2.45, 2.75) is 12.8 Å². The van der Waals surface area contributed by atoms with Crippen LogP contribution in [-0.2, 0) is 6.42 Å². The first-order valence-electron chi connectivity index (χ1n) is 8.82. The average molecular weight is 341 g/mol. The molecule has 2 aromatic rings. The minimum Gasteiger partial charge on any atom is -0.369 e. The highest BCUT2D eigenvalue weighted by atomic mass is 15.3. The summed E-state index contributed by atoms with van der Waals surface area (Å²) in [7, 11) is 3.82. The number of nitrogens with two attached hydrogens (primary N) is 1. The Morgan fingerprint density at radius 1 is 1.00 bits per heavy atom. The van der Waals surface area contributed by atoms with E-state index < -0.39 is 0 Å². The fourth-order valence-electron chi connectivity index (χ4n) is 3.07. The molecular formula is C18H27N7. The molecule has 0 radical (unpaired) electrons. The van der Waals surface area contributed by atoms with Crippen LogP contribution >= 0.6 is 0 Å². The molecule has 0 bridgehead atoms. The lowest BCUT2D eigenvalue weighted by Crippen LogP contribution is -2.46. The second-order valence-corrected chi connectivity index (χ2v) is 6.57. The molecule has 1 aromatic carbocycles. The maximum atomic E-state index is 5.78. The highest BCUT2D eigenvalue weighted by molar-refractivity contribution is 5.46. The van der Waals surface area contributed by atoms with E-state index in [-0.39, 0.29) is 0 Å². The lowest BCUT2D eigenvalue weighted by atomic mass is 10.2. The van der Waals surface area contributed by atoms with Gasteiger partial charge in [0.1, 0.15) is 5.82 Å². The number of hydrogen-bond donors (Lipinski definition) is 1. The zero-order chi connectivity index (χ0) is 17.6. The van der Waals surface area contributed by atoms with Gasteiger partial charge in [0.05, 0.1) is 0 Å². The number of nitrogen functional groups attached to an aromatic ring is 1. The second kappa shape index (κ2) is 8.11. The third-order valence-electron chi connectivity index (χ3n) is 4.46. The smallest absolute Gasteiger partial charge is 0.229 e. The first-order chi connectivity index (χ1) is 12.1. The van der Waals surface area contributed by atoms with E-state index in [1.54, 1.807) is 0 Å². The summed E-state index contributed by atoms with van der Waals surface area (Å²) >= 11 is 0. The number of anilines is 3. The van der Waals surface area contributed by atoms with Gasteiger partial charge in [0.15, 0.2) is 0 Å². The van der Waals surface area contributed by atoms with E-state index in [0.29, 0.717) is 11.9 Å². The Labute approximate surface area is 149 Å². The van der Waals surface area contributed by atoms with E-state index in [2.05, 4.69) is 55.1 Å². The summed E-state index contributed by atoms with van der Waals surface area (Å²) in [6.07, 6.45) is 1.86. The van der Waals surface area contributed by atoms with Crippen LogP contribution in [0.3, 0.4) is 0 Å². The van der Waals surface area contributed by atoms with Gasteiger partial charge < -0.3 is 15.5 Å². The van der Waals surface area contributed by atoms with Crippen molar-refractivity contribution >= 4 is 17.6 Å². The first kappa shape index (κ1) is 17.4. The minimum atomic E-state index is 0.296. The summed E-state index contributed by atoms with van der Waals surface area (Å²) in [4.78, 5) is 19.7. The summed E-state index contributed by atoms with van der Waals surface area (Å²) in [5.41, 5.74) is 7.10. The zero-order valence-corrected chi connectivity index (χ0v) is 15.1. The Hall–Kier alpha value is -2.41. The number of para-hydroxylation sites is 1. The van der Waals surface area contributed by atoms with Crippen molar-refractivity contribution in [1.29, 1.82) is 0 Å². The standard InChI is InChI=1S/C18H27N7/c1-23(2)18-21-16(20-17(19)22-18)9-6-10-24-11-13-25(14-12-24)15-7-4-3-5-8-15/h3-5,7-8H,6,9-14H2,1-2H3,(H2,19,20,21,22). The van der Waals surface area contributed by atoms with Gasteiger partial charge in [0.25, 0.3) is 0 Å². The largest absolute Gasteiger partial charge is 0.369 e. The van der Waals surface area contributed by atoms with Crippen LogP contribution in [0.4, 0.5) is 17.6 Å². The normalized spacial score (nSPS) is 15.4. The summed E-state index contributed by atoms with van der Waals surface area (Å²) in [5, 5.41) is 0. The molecule has 1 aliphatic rings. The molecule has 0 amide bonds. The Balaban J connectivity index is 1.45. The molecule has 2 N–H and O–H groups in total. The monoisotopic (exact) mass is 341 g/mol. The van der Waals surface area contributed by atoms with Crippen molar-refractivity contribution in [1.82, 2.24) is 19.9 Å². The highest BCUT2D eigenvalue weighted by Crippen LogP contribution is 2.16. The Bertz CT molecular complexity index is 666. The van der Waals surface area contributed by atoms with Crippen LogP contribution in [-0.4, -0.2) is 66.7 Å². The number of piperazine rings is 1. The first-order valence-corrected chi connectivity index (χ1v) is 8.82. The minimum absolute atomic E-state index is 0.296. The molecule has 0 saturated carbocycles. The number of rotatable bonds is 6. The van der Waals surface area contributed by atoms with Crippen LogP contribution in [0.5, 0.6) is 0 Å². The molecule has 1 aliphatic heterocycles. The van der Waals surface area contributed by atoms with Crippen LogP contribution in [0.25, 0.3) is 0 Å². The van der Waals surface area contributed by atoms with Gasteiger partial charge in [-0.15, -0.1) is 0 Å². The SMILES string of the molecule is CN(C)c1nc(N)nc(CCCN2CCN(c3ccccc3)CC2)n1. The van der Waals surface area contributed by atoms with Crippen molar-refractivity contribution in [3.63, 3.8) is 0 Å². The van der Waals surface area contributed by atoms with Gasteiger partial charge in [-0.1, -0.05) is 18.2 Å². The molecule has 0 aliphatic carbocycles. The molecule has 134 valence electrons. The summed E-state index contributed by atoms with van der Waals surface area (Å²) in [6, 6.07) is 10.6. The zero-order valence-electron chi connectivity index (χ0n) is 15.1. The second-order valence-electron chi connectivity index (χ2n) is 6.57. The van der Waals surface area contributed by atoms with Gasteiger partial charge in [0, 0.05) is 52.4 Å². The van der Waals surface area contributed by atoms with Crippen LogP contribution in [0.1, 0.15) is 12.2 Å². The molecular weight excluding hydrogens is 314 g/mol. The third kappa shape index (κ3) is 4.79. The van der Waals surface area contributed by atoms with E-state index >= 15 is 0 Å². The van der Waals surface area contributed by atoms with Gasteiger partial charge in [-0.05, 0) is 25.1 Å². The maximum Gasteiger partial charge on any atom is 0.229 e. The molecule has 3 rings (SSSR count). The Morgan fingerprint density at radius 2 is 1.72 bits per heavy atom. The predicted molar refractivity (Wildman–Crippen MR) is 102 cm³/mol. The van der Waals surface area contributed by atoms with E-state index in [1.165, 1.54) is 5.69 Å². The highest BCUT2D eigenvalue weighted by Gasteiger charge is 2.16. The van der Waals surface area contributed by atoms with Gasteiger partial charge in [-0.25, -0.2) is 0 Å². The van der Waals surface area contributed by atoms with Gasteiger partial charge in [-0.3, -0.25) is 4.90 Å². The lowest BCUT2D eigenvalue weighted by molar-refractivity contribution is 0.254. The molecule has 2 heterocycles. The molecule has 0 atom stereocenters. The van der Waals surface area contributed by atoms with E-state index in [4.69, 9.17) is 5.73 Å². The molecule has 0 spiro atoms. The number of benzene rings is 1. The van der Waals surface area contributed by atoms with Crippen molar-refractivity contribution in [2.24, 2.45) is 0 Å². The number of nitrogens with zero attached hydrogens (tertiary/aromatic N) is 6. The van der Waals surface area contributed by atoms with Crippen LogP contribution in [0.15, 0.2) is 30.3 Å². The lowest BCUT2D eigenvalue weighted by Gasteiger charge is -2.36. The maximum absolute atomic E-state index is 5.78. The quantitative estimate of drug-likeness (QED) is 0.848. The fourth-order valence-corrected chi connectivity index (χ4v) is 3.07. The molecule has 0 unspecified atom stereocenters. The van der Waals surface area contributed by atoms with Crippen LogP contribution < -0.4 is 15.5 Å². The van der Waals surface area contributed by atoms with Crippen molar-refractivity contribution in [3.05, 3.63) is 36.2 Å². The number of aryl methyl sites for hydroxylation is 1. The van der Waals surface area contributed by atoms with Crippen LogP contribution in [0.2, 0.25) is 0 Å². The van der Waals surface area contributed by atoms with Crippen LogP contribution in [0, 0.1) is 0 Å². The number of aromatic nitrogens is 3. The van der Waals surface area contributed by atoms with E-state index in [9.17, 15) is 0 Å². The molecule has 25 heavy (non-hydrogen) atoms. The van der Waals surface area contributed by atoms with Gasteiger partial charge in [-0.2, -0.15) is 15.0 Å². The van der Waals surface area contributed by atoms with Crippen molar-refractivity contribution in [2.75, 3.05) is 62.4 Å². The molecule has 7 heteroatoms. The topological polar surface area (TPSA) is 74.4 Å². The summed E-state index contributed by atoms with van der Waals surface area (Å²) in [6.45, 7) is 5.40. The third-order valence-corrected chi connectivity index (χ3v) is 4.46. The molecule has 1 aromatic heterocycles. The van der Waals surface area contributed by atoms with E-state index in [1.807, 2.05) is 19.0 Å². The average Bonchev–Trinajstić information content (AvgIpc) is 2.62. The fraction of sp³-hybridized carbons (Fsp3) is 0.500. The Kier molecular flexibility index (Phi) is 5.65. The van der Waals surface area contributed by atoms with Crippen molar-refractivity contribution < 1.29 is 0 Å². The Morgan fingerprint density at radius 3 is 2.40 bits per heavy atom. The summed E-state index contributed by atoms with van der Waals surface area (Å²) < 4.78 is 0. The number of hydrogen-bond acceptors (Lipinski definition) is 7. The molecule has 7 nitrogen and oxygen atoms in total. The van der Waals surface area contributed by atoms with E-state index in [0.717, 1.165) is 51.4 Å². The predicted octanol–water partition coefficient (Wildman–Crippen LogP) is 1.27. The molecule has 1 fully saturated rings.